The number of hydrogen-bond donors (Lipinski definition) is 2. The first-order valence-electron chi connectivity index (χ1n) is 5.66. The van der Waals surface area contributed by atoms with Gasteiger partial charge < -0.3 is 24.4 Å². The molecule has 3 unspecified atom stereocenters. The molecule has 0 radical (unpaired) electrons. The van der Waals surface area contributed by atoms with Gasteiger partial charge in [0.2, 0.25) is 0 Å². The standard InChI is InChI=1S/C9H20O4.C2H4O/c1-7(11)5-12-9(3)6-13-8(2)4-10;1-2-3-1/h7-11H,4-6H2,1-3H3;1-2H2. The van der Waals surface area contributed by atoms with Crippen LogP contribution in [0.1, 0.15) is 20.8 Å². The molecule has 1 saturated heterocycles. The number of aliphatic hydroxyl groups is 2. The van der Waals surface area contributed by atoms with E-state index >= 15 is 0 Å². The fourth-order valence-electron chi connectivity index (χ4n) is 0.704. The van der Waals surface area contributed by atoms with E-state index in [4.69, 9.17) is 19.7 Å². The zero-order chi connectivity index (χ0) is 12.4. The van der Waals surface area contributed by atoms with Crippen molar-refractivity contribution in [2.45, 2.75) is 39.1 Å². The molecular formula is C11H24O5. The van der Waals surface area contributed by atoms with Crippen molar-refractivity contribution in [2.24, 2.45) is 0 Å². The van der Waals surface area contributed by atoms with Gasteiger partial charge in [-0.1, -0.05) is 0 Å². The smallest absolute Gasteiger partial charge is 0.0781 e. The van der Waals surface area contributed by atoms with Gasteiger partial charge in [-0.15, -0.1) is 0 Å². The molecule has 0 aliphatic carbocycles. The SMILES string of the molecule is C1CO1.CC(O)COC(C)COC(C)CO. The van der Waals surface area contributed by atoms with Gasteiger partial charge in [-0.3, -0.25) is 0 Å². The van der Waals surface area contributed by atoms with Crippen molar-refractivity contribution in [3.63, 3.8) is 0 Å². The highest BCUT2D eigenvalue weighted by molar-refractivity contribution is 4.52. The van der Waals surface area contributed by atoms with Crippen molar-refractivity contribution in [1.29, 1.82) is 0 Å². The summed E-state index contributed by atoms with van der Waals surface area (Å²) in [5.74, 6) is 0. The maximum atomic E-state index is 8.92. The Labute approximate surface area is 97.3 Å². The third-order valence-corrected chi connectivity index (χ3v) is 1.70. The van der Waals surface area contributed by atoms with Gasteiger partial charge >= 0.3 is 0 Å². The summed E-state index contributed by atoms with van der Waals surface area (Å²) in [6.45, 7) is 8.10. The van der Waals surface area contributed by atoms with Crippen molar-refractivity contribution in [2.75, 3.05) is 33.0 Å². The first-order chi connectivity index (χ1) is 7.56. The van der Waals surface area contributed by atoms with E-state index in [0.717, 1.165) is 13.2 Å². The van der Waals surface area contributed by atoms with E-state index in [1.807, 2.05) is 6.92 Å². The van der Waals surface area contributed by atoms with E-state index in [2.05, 4.69) is 4.74 Å². The molecule has 0 bridgehead atoms. The van der Waals surface area contributed by atoms with Crippen molar-refractivity contribution in [1.82, 2.24) is 0 Å². The highest BCUT2D eigenvalue weighted by atomic mass is 16.6. The first-order valence-corrected chi connectivity index (χ1v) is 5.66. The number of aliphatic hydroxyl groups excluding tert-OH is 2. The Hall–Kier alpha value is -0.200. The lowest BCUT2D eigenvalue weighted by Gasteiger charge is -2.16. The van der Waals surface area contributed by atoms with Gasteiger partial charge in [-0.25, -0.2) is 0 Å². The Kier molecular flexibility index (Phi) is 9.86. The Morgan fingerprint density at radius 1 is 1.06 bits per heavy atom. The van der Waals surface area contributed by atoms with E-state index < -0.39 is 6.10 Å². The van der Waals surface area contributed by atoms with E-state index in [-0.39, 0.29) is 18.8 Å². The molecular weight excluding hydrogens is 212 g/mol. The lowest BCUT2D eigenvalue weighted by Crippen LogP contribution is -2.24. The van der Waals surface area contributed by atoms with Gasteiger partial charge in [0.05, 0.1) is 51.3 Å². The summed E-state index contributed by atoms with van der Waals surface area (Å²) in [4.78, 5) is 0. The molecule has 0 aromatic heterocycles. The predicted octanol–water partition coefficient (Wildman–Crippen LogP) is 0.186. The summed E-state index contributed by atoms with van der Waals surface area (Å²) < 4.78 is 15.0. The van der Waals surface area contributed by atoms with Crippen molar-refractivity contribution in [3.05, 3.63) is 0 Å². The Morgan fingerprint density at radius 2 is 1.56 bits per heavy atom. The number of epoxide rings is 1. The Bertz CT molecular complexity index is 147. The molecule has 0 amide bonds. The molecule has 5 heteroatoms. The van der Waals surface area contributed by atoms with Crippen LogP contribution in [-0.2, 0) is 14.2 Å². The molecule has 3 atom stereocenters. The molecule has 0 spiro atoms. The molecule has 1 heterocycles. The molecule has 2 N–H and O–H groups in total. The van der Waals surface area contributed by atoms with Gasteiger partial charge in [0.15, 0.2) is 0 Å². The summed E-state index contributed by atoms with van der Waals surface area (Å²) in [5.41, 5.74) is 0. The molecule has 16 heavy (non-hydrogen) atoms. The predicted molar refractivity (Wildman–Crippen MR) is 60.4 cm³/mol. The average molecular weight is 236 g/mol. The number of hydrogen-bond acceptors (Lipinski definition) is 5. The molecule has 0 saturated carbocycles. The highest BCUT2D eigenvalue weighted by Gasteiger charge is 2.06. The molecule has 1 fully saturated rings. The van der Waals surface area contributed by atoms with E-state index in [1.165, 1.54) is 0 Å². The minimum absolute atomic E-state index is 0.0170. The molecule has 1 aliphatic rings. The van der Waals surface area contributed by atoms with Gasteiger partial charge in [0.25, 0.3) is 0 Å². The fourth-order valence-corrected chi connectivity index (χ4v) is 0.704. The number of ether oxygens (including phenoxy) is 3. The lowest BCUT2D eigenvalue weighted by molar-refractivity contribution is -0.0620. The van der Waals surface area contributed by atoms with Gasteiger partial charge in [0, 0.05) is 0 Å². The van der Waals surface area contributed by atoms with Gasteiger partial charge in [-0.05, 0) is 20.8 Å². The zero-order valence-electron chi connectivity index (χ0n) is 10.4. The summed E-state index contributed by atoms with van der Waals surface area (Å²) in [6.07, 6.45) is -0.654. The van der Waals surface area contributed by atoms with E-state index in [0.29, 0.717) is 13.2 Å². The van der Waals surface area contributed by atoms with Crippen LogP contribution >= 0.6 is 0 Å². The maximum absolute atomic E-state index is 8.92. The van der Waals surface area contributed by atoms with Crippen LogP contribution in [0.3, 0.4) is 0 Å². The fraction of sp³-hybridized carbons (Fsp3) is 1.00. The van der Waals surface area contributed by atoms with Crippen LogP contribution in [0.2, 0.25) is 0 Å². The molecule has 0 aromatic carbocycles. The normalized spacial score (nSPS) is 19.3. The monoisotopic (exact) mass is 236 g/mol. The van der Waals surface area contributed by atoms with E-state index in [1.54, 1.807) is 13.8 Å². The third-order valence-electron chi connectivity index (χ3n) is 1.70. The topological polar surface area (TPSA) is 71.5 Å². The van der Waals surface area contributed by atoms with Crippen LogP contribution in [0.15, 0.2) is 0 Å². The van der Waals surface area contributed by atoms with Crippen LogP contribution in [0.25, 0.3) is 0 Å². The first kappa shape index (κ1) is 15.8. The zero-order valence-corrected chi connectivity index (χ0v) is 10.4. The van der Waals surface area contributed by atoms with Crippen LogP contribution in [0.5, 0.6) is 0 Å². The summed E-state index contributed by atoms with van der Waals surface area (Å²) in [6, 6.07) is 0. The van der Waals surface area contributed by atoms with E-state index in [9.17, 15) is 0 Å². The largest absolute Gasteiger partial charge is 0.394 e. The maximum Gasteiger partial charge on any atom is 0.0781 e. The van der Waals surface area contributed by atoms with Crippen LogP contribution in [0.4, 0.5) is 0 Å². The average Bonchev–Trinajstić information content (AvgIpc) is 3.10. The minimum atomic E-state index is -0.447. The number of rotatable bonds is 7. The molecule has 1 rings (SSSR count). The third kappa shape index (κ3) is 13.8. The van der Waals surface area contributed by atoms with Crippen molar-refractivity contribution in [3.8, 4) is 0 Å². The second-order valence-corrected chi connectivity index (χ2v) is 3.93. The van der Waals surface area contributed by atoms with Gasteiger partial charge in [-0.2, -0.15) is 0 Å². The van der Waals surface area contributed by atoms with Crippen LogP contribution in [0, 0.1) is 0 Å². The second kappa shape index (κ2) is 9.99. The lowest BCUT2D eigenvalue weighted by atomic mass is 10.4. The highest BCUT2D eigenvalue weighted by Crippen LogP contribution is 1.97. The van der Waals surface area contributed by atoms with Crippen molar-refractivity contribution >= 4 is 0 Å². The summed E-state index contributed by atoms with van der Waals surface area (Å²) in [5, 5.41) is 17.6. The summed E-state index contributed by atoms with van der Waals surface area (Å²) in [7, 11) is 0. The summed E-state index contributed by atoms with van der Waals surface area (Å²) >= 11 is 0. The second-order valence-electron chi connectivity index (χ2n) is 3.93. The molecule has 0 aromatic rings. The molecule has 5 nitrogen and oxygen atoms in total. The molecule has 1 aliphatic heterocycles. The van der Waals surface area contributed by atoms with Crippen LogP contribution in [-0.4, -0.2) is 61.6 Å². The minimum Gasteiger partial charge on any atom is -0.394 e. The quantitative estimate of drug-likeness (QED) is 0.617. The Balaban J connectivity index is 0.000000635. The molecule has 98 valence electrons. The Morgan fingerprint density at radius 3 is 1.94 bits per heavy atom. The van der Waals surface area contributed by atoms with Gasteiger partial charge in [0.1, 0.15) is 0 Å². The van der Waals surface area contributed by atoms with Crippen LogP contribution < -0.4 is 0 Å². The van der Waals surface area contributed by atoms with Crippen molar-refractivity contribution < 1.29 is 24.4 Å².